The summed E-state index contributed by atoms with van der Waals surface area (Å²) >= 11 is 0. The molecular weight excluding hydrogens is 276 g/mol. The SMILES string of the molecule is CN1CCCC[C@@H]1CCC(=O)NCc1ncc2c(n1)CCC2. The first-order chi connectivity index (χ1) is 10.7. The van der Waals surface area contributed by atoms with Crippen LogP contribution in [-0.2, 0) is 24.2 Å². The summed E-state index contributed by atoms with van der Waals surface area (Å²) in [5, 5.41) is 2.96. The van der Waals surface area contributed by atoms with Gasteiger partial charge < -0.3 is 10.2 Å². The maximum absolute atomic E-state index is 12.0. The molecule has 22 heavy (non-hydrogen) atoms. The van der Waals surface area contributed by atoms with Crippen LogP contribution in [0, 0.1) is 0 Å². The van der Waals surface area contributed by atoms with E-state index in [1.807, 2.05) is 6.20 Å². The average molecular weight is 302 g/mol. The molecule has 1 atom stereocenters. The second-order valence-electron chi connectivity index (χ2n) is 6.56. The van der Waals surface area contributed by atoms with Gasteiger partial charge in [-0.1, -0.05) is 6.42 Å². The molecule has 0 spiro atoms. The van der Waals surface area contributed by atoms with E-state index in [4.69, 9.17) is 0 Å². The molecule has 5 heteroatoms. The molecular formula is C17H26N4O. The summed E-state index contributed by atoms with van der Waals surface area (Å²) in [6, 6.07) is 0.566. The number of aryl methyl sites for hydroxylation is 2. The Balaban J connectivity index is 1.42. The van der Waals surface area contributed by atoms with Crippen LogP contribution in [0.15, 0.2) is 6.20 Å². The van der Waals surface area contributed by atoms with Crippen molar-refractivity contribution in [2.45, 2.75) is 64.0 Å². The van der Waals surface area contributed by atoms with Crippen molar-refractivity contribution in [3.63, 3.8) is 0 Å². The third-order valence-electron chi connectivity index (χ3n) is 4.93. The summed E-state index contributed by atoms with van der Waals surface area (Å²) in [6.07, 6.45) is 10.6. The van der Waals surface area contributed by atoms with Crippen LogP contribution in [0.5, 0.6) is 0 Å². The first-order valence-electron chi connectivity index (χ1n) is 8.53. The molecule has 1 saturated heterocycles. The van der Waals surface area contributed by atoms with Crippen molar-refractivity contribution in [2.24, 2.45) is 0 Å². The van der Waals surface area contributed by atoms with E-state index in [0.29, 0.717) is 19.0 Å². The zero-order chi connectivity index (χ0) is 15.4. The highest BCUT2D eigenvalue weighted by molar-refractivity contribution is 5.75. The van der Waals surface area contributed by atoms with Gasteiger partial charge in [-0.25, -0.2) is 9.97 Å². The summed E-state index contributed by atoms with van der Waals surface area (Å²) in [5.74, 6) is 0.854. The quantitative estimate of drug-likeness (QED) is 0.902. The maximum Gasteiger partial charge on any atom is 0.220 e. The molecule has 1 aromatic rings. The third kappa shape index (κ3) is 3.83. The van der Waals surface area contributed by atoms with Crippen LogP contribution in [0.2, 0.25) is 0 Å². The number of carbonyl (C=O) groups is 1. The van der Waals surface area contributed by atoms with E-state index in [1.165, 1.54) is 36.9 Å². The number of rotatable bonds is 5. The van der Waals surface area contributed by atoms with Crippen molar-refractivity contribution in [2.75, 3.05) is 13.6 Å². The van der Waals surface area contributed by atoms with Crippen molar-refractivity contribution >= 4 is 5.91 Å². The van der Waals surface area contributed by atoms with Crippen LogP contribution >= 0.6 is 0 Å². The van der Waals surface area contributed by atoms with Gasteiger partial charge in [-0.2, -0.15) is 0 Å². The van der Waals surface area contributed by atoms with E-state index in [1.54, 1.807) is 0 Å². The maximum atomic E-state index is 12.0. The van der Waals surface area contributed by atoms with Crippen molar-refractivity contribution in [3.05, 3.63) is 23.3 Å². The molecule has 0 aromatic carbocycles. The standard InChI is InChI=1S/C17H26N4O/c1-21-10-3-2-6-14(21)8-9-17(22)19-12-16-18-11-13-5-4-7-15(13)20-16/h11,14H,2-10,12H2,1H3,(H,19,22)/t14-/m1/s1. The van der Waals surface area contributed by atoms with E-state index in [9.17, 15) is 4.79 Å². The Morgan fingerprint density at radius 1 is 1.36 bits per heavy atom. The van der Waals surface area contributed by atoms with Crippen LogP contribution in [0.3, 0.4) is 0 Å². The Morgan fingerprint density at radius 2 is 2.27 bits per heavy atom. The molecule has 0 saturated carbocycles. The smallest absolute Gasteiger partial charge is 0.220 e. The first kappa shape index (κ1) is 15.4. The lowest BCUT2D eigenvalue weighted by atomic mass is 9.98. The third-order valence-corrected chi connectivity index (χ3v) is 4.93. The highest BCUT2D eigenvalue weighted by atomic mass is 16.1. The summed E-state index contributed by atoms with van der Waals surface area (Å²) in [6.45, 7) is 1.61. The molecule has 2 aliphatic rings. The summed E-state index contributed by atoms with van der Waals surface area (Å²) in [5.41, 5.74) is 2.44. The second kappa shape index (κ2) is 7.18. The van der Waals surface area contributed by atoms with Gasteiger partial charge in [0.05, 0.1) is 6.54 Å². The van der Waals surface area contributed by atoms with E-state index < -0.39 is 0 Å². The number of nitrogens with one attached hydrogen (secondary N) is 1. The predicted molar refractivity (Wildman–Crippen MR) is 85.4 cm³/mol. The number of hydrogen-bond donors (Lipinski definition) is 1. The molecule has 5 nitrogen and oxygen atoms in total. The number of likely N-dealkylation sites (tertiary alicyclic amines) is 1. The average Bonchev–Trinajstić information content (AvgIpc) is 2.99. The van der Waals surface area contributed by atoms with E-state index in [-0.39, 0.29) is 5.91 Å². The molecule has 1 fully saturated rings. The van der Waals surface area contributed by atoms with Gasteiger partial charge in [0.2, 0.25) is 5.91 Å². The van der Waals surface area contributed by atoms with Crippen molar-refractivity contribution in [1.29, 1.82) is 0 Å². The van der Waals surface area contributed by atoms with Gasteiger partial charge in [0.1, 0.15) is 5.82 Å². The van der Waals surface area contributed by atoms with E-state index >= 15 is 0 Å². The molecule has 1 aliphatic carbocycles. The first-order valence-corrected chi connectivity index (χ1v) is 8.53. The summed E-state index contributed by atoms with van der Waals surface area (Å²) in [7, 11) is 2.17. The lowest BCUT2D eigenvalue weighted by Crippen LogP contribution is -2.37. The molecule has 0 unspecified atom stereocenters. The number of carbonyl (C=O) groups excluding carboxylic acids is 1. The fourth-order valence-electron chi connectivity index (χ4n) is 3.51. The minimum absolute atomic E-state index is 0.114. The van der Waals surface area contributed by atoms with E-state index in [0.717, 1.165) is 31.6 Å². The van der Waals surface area contributed by atoms with Crippen LogP contribution in [-0.4, -0.2) is 40.4 Å². The normalized spacial score (nSPS) is 21.6. The Labute approximate surface area is 132 Å². The number of fused-ring (bicyclic) bond motifs is 1. The van der Waals surface area contributed by atoms with E-state index in [2.05, 4.69) is 27.2 Å². The molecule has 3 rings (SSSR count). The van der Waals surface area contributed by atoms with Gasteiger partial charge in [-0.3, -0.25) is 4.79 Å². The Bertz CT molecular complexity index is 531. The minimum atomic E-state index is 0.114. The summed E-state index contributed by atoms with van der Waals surface area (Å²) < 4.78 is 0. The van der Waals surface area contributed by atoms with Crippen LogP contribution in [0.1, 0.15) is 55.6 Å². The fourth-order valence-corrected chi connectivity index (χ4v) is 3.51. The lowest BCUT2D eigenvalue weighted by Gasteiger charge is -2.32. The molecule has 0 bridgehead atoms. The monoisotopic (exact) mass is 302 g/mol. The van der Waals surface area contributed by atoms with Crippen molar-refractivity contribution in [3.8, 4) is 0 Å². The number of nitrogens with zero attached hydrogens (tertiary/aromatic N) is 3. The van der Waals surface area contributed by atoms with Gasteiger partial charge in [-0.05, 0) is 57.7 Å². The molecule has 1 aromatic heterocycles. The highest BCUT2D eigenvalue weighted by Crippen LogP contribution is 2.19. The predicted octanol–water partition coefficient (Wildman–Crippen LogP) is 1.85. The Kier molecular flexibility index (Phi) is 5.03. The Morgan fingerprint density at radius 3 is 3.14 bits per heavy atom. The highest BCUT2D eigenvalue weighted by Gasteiger charge is 2.19. The topological polar surface area (TPSA) is 58.1 Å². The number of amides is 1. The Hall–Kier alpha value is -1.49. The van der Waals surface area contributed by atoms with Gasteiger partial charge in [0, 0.05) is 24.4 Å². The van der Waals surface area contributed by atoms with Gasteiger partial charge in [0.15, 0.2) is 0 Å². The molecule has 1 N–H and O–H groups in total. The zero-order valence-corrected chi connectivity index (χ0v) is 13.5. The van der Waals surface area contributed by atoms with Crippen LogP contribution in [0.25, 0.3) is 0 Å². The van der Waals surface area contributed by atoms with Crippen LogP contribution in [0.4, 0.5) is 0 Å². The molecule has 1 aliphatic heterocycles. The van der Waals surface area contributed by atoms with Gasteiger partial charge in [0.25, 0.3) is 0 Å². The molecule has 2 heterocycles. The van der Waals surface area contributed by atoms with Crippen molar-refractivity contribution in [1.82, 2.24) is 20.2 Å². The largest absolute Gasteiger partial charge is 0.349 e. The van der Waals surface area contributed by atoms with Crippen LogP contribution < -0.4 is 5.32 Å². The molecule has 120 valence electrons. The molecule has 0 radical (unpaired) electrons. The number of aromatic nitrogens is 2. The zero-order valence-electron chi connectivity index (χ0n) is 13.5. The molecule has 1 amide bonds. The minimum Gasteiger partial charge on any atom is -0.349 e. The fraction of sp³-hybridized carbons (Fsp3) is 0.706. The van der Waals surface area contributed by atoms with Gasteiger partial charge in [-0.15, -0.1) is 0 Å². The second-order valence-corrected chi connectivity index (χ2v) is 6.56. The lowest BCUT2D eigenvalue weighted by molar-refractivity contribution is -0.121. The number of hydrogen-bond acceptors (Lipinski definition) is 4. The van der Waals surface area contributed by atoms with Gasteiger partial charge >= 0.3 is 0 Å². The summed E-state index contributed by atoms with van der Waals surface area (Å²) in [4.78, 5) is 23.3. The van der Waals surface area contributed by atoms with Crippen molar-refractivity contribution < 1.29 is 4.79 Å². The number of piperidine rings is 1.